The van der Waals surface area contributed by atoms with Gasteiger partial charge in [0.25, 0.3) is 0 Å². The molecule has 0 aliphatic rings. The Hall–Kier alpha value is -2.61. The van der Waals surface area contributed by atoms with Crippen LogP contribution in [-0.2, 0) is 12.3 Å². The van der Waals surface area contributed by atoms with Gasteiger partial charge in [-0.2, -0.15) is 8.78 Å². The van der Waals surface area contributed by atoms with Gasteiger partial charge in [-0.25, -0.2) is 0 Å². The molecule has 2 aromatic heterocycles. The van der Waals surface area contributed by atoms with Crippen LogP contribution in [0.2, 0.25) is 0 Å². The van der Waals surface area contributed by atoms with Gasteiger partial charge >= 0.3 is 6.61 Å². The zero-order valence-corrected chi connectivity index (χ0v) is 14.9. The van der Waals surface area contributed by atoms with Crippen LogP contribution in [0, 0.1) is 6.92 Å². The molecule has 0 fully saturated rings. The van der Waals surface area contributed by atoms with Crippen molar-refractivity contribution in [2.75, 3.05) is 0 Å². The fraction of sp³-hybridized carbons (Fsp3) is 0.222. The molecule has 1 aromatic carbocycles. The molecule has 0 spiro atoms. The van der Waals surface area contributed by atoms with Crippen LogP contribution in [0.15, 0.2) is 58.8 Å². The number of furan rings is 1. The van der Waals surface area contributed by atoms with E-state index in [1.807, 2.05) is 23.6 Å². The molecule has 8 heteroatoms. The van der Waals surface area contributed by atoms with Crippen molar-refractivity contribution in [3.05, 3.63) is 60.6 Å². The van der Waals surface area contributed by atoms with Gasteiger partial charge in [0, 0.05) is 12.3 Å². The topological polar surface area (TPSA) is 53.1 Å². The van der Waals surface area contributed by atoms with Crippen molar-refractivity contribution in [3.8, 4) is 17.1 Å². The maximum Gasteiger partial charge on any atom is 0.387 e. The first-order chi connectivity index (χ1) is 12.6. The number of rotatable bonds is 8. The normalized spacial score (nSPS) is 11.1. The predicted octanol–water partition coefficient (Wildman–Crippen LogP) is 4.93. The molecule has 2 heterocycles. The van der Waals surface area contributed by atoms with Gasteiger partial charge in [0.1, 0.15) is 11.5 Å². The first-order valence-electron chi connectivity index (χ1n) is 7.83. The van der Waals surface area contributed by atoms with Gasteiger partial charge in [-0.15, -0.1) is 16.8 Å². The van der Waals surface area contributed by atoms with Crippen molar-refractivity contribution in [3.63, 3.8) is 0 Å². The van der Waals surface area contributed by atoms with E-state index in [4.69, 9.17) is 4.42 Å². The van der Waals surface area contributed by atoms with Crippen LogP contribution in [0.3, 0.4) is 0 Å². The van der Waals surface area contributed by atoms with Crippen LogP contribution in [0.25, 0.3) is 11.4 Å². The predicted molar refractivity (Wildman–Crippen MR) is 95.3 cm³/mol. The summed E-state index contributed by atoms with van der Waals surface area (Å²) in [5.74, 6) is 2.14. The third-order valence-corrected chi connectivity index (χ3v) is 4.66. The Morgan fingerprint density at radius 2 is 2.19 bits per heavy atom. The number of hydrogen-bond acceptors (Lipinski definition) is 5. The van der Waals surface area contributed by atoms with Gasteiger partial charge in [0.05, 0.1) is 11.8 Å². The molecular weight excluding hydrogens is 360 g/mol. The van der Waals surface area contributed by atoms with Crippen LogP contribution in [-0.4, -0.2) is 21.4 Å². The number of hydrogen-bond donors (Lipinski definition) is 0. The maximum atomic E-state index is 12.3. The Morgan fingerprint density at radius 1 is 1.35 bits per heavy atom. The fourth-order valence-corrected chi connectivity index (χ4v) is 3.36. The van der Waals surface area contributed by atoms with E-state index in [0.717, 1.165) is 16.9 Å². The molecule has 0 aliphatic heterocycles. The molecular formula is C18H17F2N3O2S. The molecule has 0 saturated carbocycles. The van der Waals surface area contributed by atoms with E-state index in [1.54, 1.807) is 24.5 Å². The lowest BCUT2D eigenvalue weighted by Crippen LogP contribution is -2.02. The molecule has 5 nitrogen and oxygen atoms in total. The smallest absolute Gasteiger partial charge is 0.387 e. The summed E-state index contributed by atoms with van der Waals surface area (Å²) in [6.07, 6.45) is 3.38. The number of allylic oxidation sites excluding steroid dienone is 1. The number of benzene rings is 1. The van der Waals surface area contributed by atoms with E-state index in [9.17, 15) is 8.78 Å². The Kier molecular flexibility index (Phi) is 5.72. The second-order valence-electron chi connectivity index (χ2n) is 5.41. The standard InChI is InChI=1S/C18H17F2N3O2S/c1-3-8-23-16(15-7-9-24-12(15)2)21-22-18(23)26-11-13-5-4-6-14(10-13)25-17(19)20/h3-7,9-10,17H,1,8,11H2,2H3. The fourth-order valence-electron chi connectivity index (χ4n) is 2.46. The molecule has 26 heavy (non-hydrogen) atoms. The van der Waals surface area contributed by atoms with E-state index >= 15 is 0 Å². The molecule has 0 bridgehead atoms. The Balaban J connectivity index is 1.79. The number of nitrogens with zero attached hydrogens (tertiary/aromatic N) is 3. The van der Waals surface area contributed by atoms with Crippen molar-refractivity contribution in [2.45, 2.75) is 31.0 Å². The molecule has 0 atom stereocenters. The molecule has 3 aromatic rings. The number of aryl methyl sites for hydroxylation is 1. The van der Waals surface area contributed by atoms with Gasteiger partial charge in [0.15, 0.2) is 11.0 Å². The minimum atomic E-state index is -2.84. The lowest BCUT2D eigenvalue weighted by molar-refractivity contribution is -0.0498. The first kappa shape index (κ1) is 18.2. The van der Waals surface area contributed by atoms with Gasteiger partial charge in [-0.05, 0) is 30.7 Å². The summed E-state index contributed by atoms with van der Waals surface area (Å²) in [5, 5.41) is 9.23. The SMILES string of the molecule is C=CCn1c(SCc2cccc(OC(F)F)c2)nnc1-c1ccoc1C. The minimum Gasteiger partial charge on any atom is -0.469 e. The Labute approximate surface area is 153 Å². The highest BCUT2D eigenvalue weighted by Gasteiger charge is 2.17. The zero-order chi connectivity index (χ0) is 18.5. The Morgan fingerprint density at radius 3 is 2.88 bits per heavy atom. The molecule has 0 radical (unpaired) electrons. The average molecular weight is 377 g/mol. The lowest BCUT2D eigenvalue weighted by Gasteiger charge is -2.08. The molecule has 136 valence electrons. The Bertz CT molecular complexity index is 892. The summed E-state index contributed by atoms with van der Waals surface area (Å²) in [4.78, 5) is 0. The summed E-state index contributed by atoms with van der Waals surface area (Å²) in [5.41, 5.74) is 1.72. The summed E-state index contributed by atoms with van der Waals surface area (Å²) in [6, 6.07) is 8.47. The zero-order valence-electron chi connectivity index (χ0n) is 14.1. The molecule has 3 rings (SSSR count). The summed E-state index contributed by atoms with van der Waals surface area (Å²) >= 11 is 1.46. The van der Waals surface area contributed by atoms with Crippen molar-refractivity contribution in [1.29, 1.82) is 0 Å². The van der Waals surface area contributed by atoms with Gasteiger partial charge in [-0.3, -0.25) is 4.57 Å². The highest BCUT2D eigenvalue weighted by Crippen LogP contribution is 2.29. The molecule has 0 amide bonds. The molecule has 0 unspecified atom stereocenters. The number of aromatic nitrogens is 3. The van der Waals surface area contributed by atoms with E-state index in [0.29, 0.717) is 23.3 Å². The number of thioether (sulfide) groups is 1. The average Bonchev–Trinajstić information content (AvgIpc) is 3.19. The second kappa shape index (κ2) is 8.18. The van der Waals surface area contributed by atoms with Crippen LogP contribution in [0.5, 0.6) is 5.75 Å². The largest absolute Gasteiger partial charge is 0.469 e. The first-order valence-corrected chi connectivity index (χ1v) is 8.82. The third kappa shape index (κ3) is 4.13. The van der Waals surface area contributed by atoms with Crippen LogP contribution in [0.1, 0.15) is 11.3 Å². The summed E-state index contributed by atoms with van der Waals surface area (Å²) in [7, 11) is 0. The highest BCUT2D eigenvalue weighted by atomic mass is 32.2. The van der Waals surface area contributed by atoms with Crippen molar-refractivity contribution in [1.82, 2.24) is 14.8 Å². The van der Waals surface area contributed by atoms with Crippen LogP contribution >= 0.6 is 11.8 Å². The van der Waals surface area contributed by atoms with Crippen LogP contribution in [0.4, 0.5) is 8.78 Å². The van der Waals surface area contributed by atoms with Gasteiger partial charge in [-0.1, -0.05) is 30.0 Å². The third-order valence-electron chi connectivity index (χ3n) is 3.62. The van der Waals surface area contributed by atoms with Gasteiger partial charge < -0.3 is 9.15 Å². The summed E-state index contributed by atoms with van der Waals surface area (Å²) in [6.45, 7) is 3.35. The van der Waals surface area contributed by atoms with E-state index in [2.05, 4.69) is 21.5 Å². The number of halogens is 2. The van der Waals surface area contributed by atoms with E-state index in [-0.39, 0.29) is 5.75 Å². The molecule has 0 saturated heterocycles. The second-order valence-corrected chi connectivity index (χ2v) is 6.35. The lowest BCUT2D eigenvalue weighted by atomic mass is 10.2. The highest BCUT2D eigenvalue weighted by molar-refractivity contribution is 7.98. The number of ether oxygens (including phenoxy) is 1. The van der Waals surface area contributed by atoms with Crippen molar-refractivity contribution < 1.29 is 17.9 Å². The maximum absolute atomic E-state index is 12.3. The monoisotopic (exact) mass is 377 g/mol. The van der Waals surface area contributed by atoms with Crippen molar-refractivity contribution >= 4 is 11.8 Å². The van der Waals surface area contributed by atoms with E-state index in [1.165, 1.54) is 17.8 Å². The summed E-state index contributed by atoms with van der Waals surface area (Å²) < 4.78 is 36.4. The van der Waals surface area contributed by atoms with E-state index < -0.39 is 6.61 Å². The quantitative estimate of drug-likeness (QED) is 0.412. The minimum absolute atomic E-state index is 0.139. The van der Waals surface area contributed by atoms with Gasteiger partial charge in [0.2, 0.25) is 0 Å². The molecule has 0 N–H and O–H groups in total. The van der Waals surface area contributed by atoms with Crippen molar-refractivity contribution in [2.24, 2.45) is 0 Å². The number of alkyl halides is 2. The molecule has 0 aliphatic carbocycles. The van der Waals surface area contributed by atoms with Crippen LogP contribution < -0.4 is 4.74 Å².